The van der Waals surface area contributed by atoms with Gasteiger partial charge in [-0.25, -0.2) is 4.98 Å². The molecule has 3 rings (SSSR count). The first-order valence-corrected chi connectivity index (χ1v) is 9.69. The highest BCUT2D eigenvalue weighted by atomic mass is 16.5. The van der Waals surface area contributed by atoms with E-state index in [1.165, 1.54) is 5.56 Å². The van der Waals surface area contributed by atoms with E-state index in [9.17, 15) is 0 Å². The lowest BCUT2D eigenvalue weighted by Gasteiger charge is -2.13. The van der Waals surface area contributed by atoms with Crippen LogP contribution >= 0.6 is 0 Å². The predicted octanol–water partition coefficient (Wildman–Crippen LogP) is 4.87. The molecule has 5 nitrogen and oxygen atoms in total. The first-order valence-electron chi connectivity index (χ1n) is 9.69. The lowest BCUT2D eigenvalue weighted by molar-refractivity contribution is 0.414. The van der Waals surface area contributed by atoms with Gasteiger partial charge in [0.1, 0.15) is 11.6 Å². The summed E-state index contributed by atoms with van der Waals surface area (Å²) in [7, 11) is 1.68. The Morgan fingerprint density at radius 1 is 0.929 bits per heavy atom. The molecule has 0 spiro atoms. The normalized spacial score (nSPS) is 10.7. The van der Waals surface area contributed by atoms with Crippen molar-refractivity contribution in [3.8, 4) is 17.0 Å². The van der Waals surface area contributed by atoms with Gasteiger partial charge in [-0.15, -0.1) is 0 Å². The standard InChI is InChI=1S/C23H28N4O/c1-17(2)16-25-22-15-21(19-7-5-4-6-8-19)26-23(27-22)24-14-13-18-9-11-20(28-3)12-10-18/h4-12,15,17H,13-14,16H2,1-3H3,(H2,24,25,26,27). The fourth-order valence-corrected chi connectivity index (χ4v) is 2.79. The van der Waals surface area contributed by atoms with E-state index in [-0.39, 0.29) is 0 Å². The maximum atomic E-state index is 5.21. The Morgan fingerprint density at radius 3 is 2.36 bits per heavy atom. The summed E-state index contributed by atoms with van der Waals surface area (Å²) in [6.45, 7) is 5.99. The second-order valence-corrected chi connectivity index (χ2v) is 7.13. The summed E-state index contributed by atoms with van der Waals surface area (Å²) < 4.78 is 5.21. The zero-order chi connectivity index (χ0) is 19.8. The Balaban J connectivity index is 1.71. The van der Waals surface area contributed by atoms with E-state index in [0.717, 1.165) is 42.3 Å². The molecule has 0 aliphatic heterocycles. The molecule has 0 saturated carbocycles. The van der Waals surface area contributed by atoms with E-state index < -0.39 is 0 Å². The Hall–Kier alpha value is -3.08. The van der Waals surface area contributed by atoms with Crippen molar-refractivity contribution in [3.05, 3.63) is 66.2 Å². The lowest BCUT2D eigenvalue weighted by Crippen LogP contribution is -2.13. The van der Waals surface area contributed by atoms with Crippen molar-refractivity contribution in [2.75, 3.05) is 30.8 Å². The first kappa shape index (κ1) is 19.7. The first-order chi connectivity index (χ1) is 13.6. The van der Waals surface area contributed by atoms with Crippen LogP contribution in [0.5, 0.6) is 5.75 Å². The molecule has 0 saturated heterocycles. The molecule has 0 aliphatic rings. The number of ether oxygens (including phenoxy) is 1. The largest absolute Gasteiger partial charge is 0.497 e. The number of aromatic nitrogens is 2. The van der Waals surface area contributed by atoms with Crippen LogP contribution in [0.2, 0.25) is 0 Å². The highest BCUT2D eigenvalue weighted by Crippen LogP contribution is 2.21. The van der Waals surface area contributed by atoms with Gasteiger partial charge in [0.05, 0.1) is 12.8 Å². The van der Waals surface area contributed by atoms with Crippen molar-refractivity contribution in [3.63, 3.8) is 0 Å². The summed E-state index contributed by atoms with van der Waals surface area (Å²) in [5.74, 6) is 2.90. The summed E-state index contributed by atoms with van der Waals surface area (Å²) in [4.78, 5) is 9.34. The van der Waals surface area contributed by atoms with Gasteiger partial charge in [0, 0.05) is 24.7 Å². The third kappa shape index (κ3) is 5.71. The molecule has 0 aliphatic carbocycles. The molecular weight excluding hydrogens is 348 g/mol. The molecule has 0 amide bonds. The number of benzene rings is 2. The minimum atomic E-state index is 0.543. The zero-order valence-electron chi connectivity index (χ0n) is 16.8. The molecule has 3 aromatic rings. The summed E-state index contributed by atoms with van der Waals surface area (Å²) in [6, 6.07) is 20.3. The van der Waals surface area contributed by atoms with Crippen LogP contribution in [0.15, 0.2) is 60.7 Å². The second kappa shape index (κ2) is 9.74. The number of nitrogens with zero attached hydrogens (tertiary/aromatic N) is 2. The summed E-state index contributed by atoms with van der Waals surface area (Å²) in [5.41, 5.74) is 3.23. The minimum absolute atomic E-state index is 0.543. The van der Waals surface area contributed by atoms with Crippen molar-refractivity contribution in [1.29, 1.82) is 0 Å². The van der Waals surface area contributed by atoms with Crippen molar-refractivity contribution in [2.45, 2.75) is 20.3 Å². The lowest BCUT2D eigenvalue weighted by atomic mass is 10.1. The van der Waals surface area contributed by atoms with Gasteiger partial charge in [-0.3, -0.25) is 0 Å². The van der Waals surface area contributed by atoms with Gasteiger partial charge in [0.25, 0.3) is 0 Å². The molecule has 0 fully saturated rings. The molecule has 2 aromatic carbocycles. The number of methoxy groups -OCH3 is 1. The summed E-state index contributed by atoms with van der Waals surface area (Å²) in [5, 5.41) is 6.78. The number of hydrogen-bond acceptors (Lipinski definition) is 5. The minimum Gasteiger partial charge on any atom is -0.497 e. The average molecular weight is 377 g/mol. The maximum Gasteiger partial charge on any atom is 0.225 e. The van der Waals surface area contributed by atoms with Crippen LogP contribution in [0, 0.1) is 5.92 Å². The number of rotatable bonds is 9. The Bertz CT molecular complexity index is 864. The molecule has 2 N–H and O–H groups in total. The average Bonchev–Trinajstić information content (AvgIpc) is 2.73. The Labute approximate surface area is 167 Å². The third-order valence-corrected chi connectivity index (χ3v) is 4.34. The number of hydrogen-bond donors (Lipinski definition) is 2. The number of nitrogens with one attached hydrogen (secondary N) is 2. The van der Waals surface area contributed by atoms with Crippen LogP contribution in [-0.4, -0.2) is 30.2 Å². The molecule has 0 atom stereocenters. The van der Waals surface area contributed by atoms with Gasteiger partial charge in [-0.05, 0) is 30.0 Å². The third-order valence-electron chi connectivity index (χ3n) is 4.34. The second-order valence-electron chi connectivity index (χ2n) is 7.13. The van der Waals surface area contributed by atoms with Crippen molar-refractivity contribution < 1.29 is 4.74 Å². The summed E-state index contributed by atoms with van der Waals surface area (Å²) in [6.07, 6.45) is 0.887. The van der Waals surface area contributed by atoms with Crippen LogP contribution in [0.1, 0.15) is 19.4 Å². The topological polar surface area (TPSA) is 59.1 Å². The van der Waals surface area contributed by atoms with Gasteiger partial charge in [-0.2, -0.15) is 4.98 Å². The van der Waals surface area contributed by atoms with Gasteiger partial charge < -0.3 is 15.4 Å². The fraction of sp³-hybridized carbons (Fsp3) is 0.304. The fourth-order valence-electron chi connectivity index (χ4n) is 2.79. The van der Waals surface area contributed by atoms with Gasteiger partial charge in [-0.1, -0.05) is 56.3 Å². The quantitative estimate of drug-likeness (QED) is 0.558. The van der Waals surface area contributed by atoms with E-state index in [1.807, 2.05) is 36.4 Å². The van der Waals surface area contributed by atoms with E-state index in [4.69, 9.17) is 9.72 Å². The van der Waals surface area contributed by atoms with E-state index in [2.05, 4.69) is 53.7 Å². The molecular formula is C23H28N4O. The van der Waals surface area contributed by atoms with Gasteiger partial charge >= 0.3 is 0 Å². The van der Waals surface area contributed by atoms with E-state index >= 15 is 0 Å². The Kier molecular flexibility index (Phi) is 6.84. The predicted molar refractivity (Wildman–Crippen MR) is 116 cm³/mol. The molecule has 5 heteroatoms. The van der Waals surface area contributed by atoms with Crippen LogP contribution in [0.25, 0.3) is 11.3 Å². The van der Waals surface area contributed by atoms with Crippen LogP contribution < -0.4 is 15.4 Å². The molecule has 0 unspecified atom stereocenters. The maximum absolute atomic E-state index is 5.21. The monoisotopic (exact) mass is 376 g/mol. The van der Waals surface area contributed by atoms with E-state index in [0.29, 0.717) is 11.9 Å². The molecule has 0 bridgehead atoms. The summed E-state index contributed by atoms with van der Waals surface area (Å²) >= 11 is 0. The molecule has 28 heavy (non-hydrogen) atoms. The van der Waals surface area contributed by atoms with Crippen LogP contribution in [-0.2, 0) is 6.42 Å². The van der Waals surface area contributed by atoms with Gasteiger partial charge in [0.15, 0.2) is 0 Å². The van der Waals surface area contributed by atoms with Crippen molar-refractivity contribution >= 4 is 11.8 Å². The van der Waals surface area contributed by atoms with E-state index in [1.54, 1.807) is 7.11 Å². The van der Waals surface area contributed by atoms with Crippen LogP contribution in [0.4, 0.5) is 11.8 Å². The SMILES string of the molecule is COc1ccc(CCNc2nc(NCC(C)C)cc(-c3ccccc3)n2)cc1. The van der Waals surface area contributed by atoms with Crippen molar-refractivity contribution in [1.82, 2.24) is 9.97 Å². The zero-order valence-corrected chi connectivity index (χ0v) is 16.8. The molecule has 1 heterocycles. The smallest absolute Gasteiger partial charge is 0.225 e. The number of anilines is 2. The van der Waals surface area contributed by atoms with Gasteiger partial charge in [0.2, 0.25) is 5.95 Å². The highest BCUT2D eigenvalue weighted by Gasteiger charge is 2.07. The van der Waals surface area contributed by atoms with Crippen molar-refractivity contribution in [2.24, 2.45) is 5.92 Å². The highest BCUT2D eigenvalue weighted by molar-refractivity contribution is 5.64. The van der Waals surface area contributed by atoms with Crippen LogP contribution in [0.3, 0.4) is 0 Å². The molecule has 0 radical (unpaired) electrons. The Morgan fingerprint density at radius 2 is 1.68 bits per heavy atom. The molecule has 146 valence electrons. The molecule has 1 aromatic heterocycles.